The molecule has 1 aliphatic rings. The Balaban J connectivity index is 1.81. The lowest BCUT2D eigenvalue weighted by Gasteiger charge is -2.22. The number of hydrogen-bond acceptors (Lipinski definition) is 2. The Morgan fingerprint density at radius 1 is 1.33 bits per heavy atom. The third-order valence-electron chi connectivity index (χ3n) is 2.66. The Morgan fingerprint density at radius 2 is 2.13 bits per heavy atom. The third-order valence-corrected chi connectivity index (χ3v) is 2.66. The van der Waals surface area contributed by atoms with Crippen LogP contribution in [0.25, 0.3) is 0 Å². The van der Waals surface area contributed by atoms with E-state index in [1.165, 1.54) is 12.1 Å². The molecule has 82 valence electrons. The summed E-state index contributed by atoms with van der Waals surface area (Å²) in [5.74, 6) is -0.193. The molecule has 1 heterocycles. The van der Waals surface area contributed by atoms with Gasteiger partial charge in [-0.3, -0.25) is 0 Å². The lowest BCUT2D eigenvalue weighted by Crippen LogP contribution is -2.32. The van der Waals surface area contributed by atoms with E-state index in [-0.39, 0.29) is 5.82 Å². The predicted octanol–water partition coefficient (Wildman–Crippen LogP) is 2.09. The van der Waals surface area contributed by atoms with E-state index in [1.807, 2.05) is 6.07 Å². The molecule has 1 aromatic rings. The molecule has 1 aliphatic heterocycles. The van der Waals surface area contributed by atoms with Crippen LogP contribution in [-0.4, -0.2) is 19.2 Å². The summed E-state index contributed by atoms with van der Waals surface area (Å²) in [6, 6.07) is 6.59. The topological polar surface area (TPSA) is 21.3 Å². The third kappa shape index (κ3) is 3.29. The number of rotatable bonds is 3. The smallest absolute Gasteiger partial charge is 0.123 e. The van der Waals surface area contributed by atoms with Gasteiger partial charge < -0.3 is 10.1 Å². The number of hydrogen-bond donors (Lipinski definition) is 1. The zero-order valence-electron chi connectivity index (χ0n) is 8.71. The fourth-order valence-electron chi connectivity index (χ4n) is 1.80. The molecule has 0 saturated carbocycles. The van der Waals surface area contributed by atoms with E-state index in [0.717, 1.165) is 31.5 Å². The summed E-state index contributed by atoms with van der Waals surface area (Å²) < 4.78 is 18.6. The van der Waals surface area contributed by atoms with Gasteiger partial charge in [-0.15, -0.1) is 0 Å². The molecule has 1 aromatic carbocycles. The molecule has 0 atom stereocenters. The van der Waals surface area contributed by atoms with Gasteiger partial charge in [0.2, 0.25) is 0 Å². The molecule has 1 N–H and O–H groups in total. The van der Waals surface area contributed by atoms with Gasteiger partial charge in [0, 0.05) is 0 Å². The van der Waals surface area contributed by atoms with Crippen molar-refractivity contribution in [2.24, 2.45) is 0 Å². The second-order valence-corrected chi connectivity index (χ2v) is 3.89. The highest BCUT2D eigenvalue weighted by Crippen LogP contribution is 2.11. The van der Waals surface area contributed by atoms with E-state index in [0.29, 0.717) is 12.7 Å². The number of piperidine rings is 1. The van der Waals surface area contributed by atoms with Crippen LogP contribution in [0.4, 0.5) is 4.39 Å². The zero-order valence-corrected chi connectivity index (χ0v) is 8.71. The molecule has 0 bridgehead atoms. The van der Waals surface area contributed by atoms with Crippen LogP contribution in [0, 0.1) is 5.82 Å². The Hall–Kier alpha value is -0.930. The molecule has 0 spiro atoms. The highest BCUT2D eigenvalue weighted by Gasteiger charge is 2.12. The summed E-state index contributed by atoms with van der Waals surface area (Å²) in [7, 11) is 0. The number of ether oxygens (including phenoxy) is 1. The van der Waals surface area contributed by atoms with Gasteiger partial charge in [-0.05, 0) is 43.6 Å². The maximum Gasteiger partial charge on any atom is 0.123 e. The number of benzene rings is 1. The van der Waals surface area contributed by atoms with Crippen LogP contribution in [0.2, 0.25) is 0 Å². The van der Waals surface area contributed by atoms with Gasteiger partial charge >= 0.3 is 0 Å². The van der Waals surface area contributed by atoms with E-state index < -0.39 is 0 Å². The first-order valence-corrected chi connectivity index (χ1v) is 5.41. The summed E-state index contributed by atoms with van der Waals surface area (Å²) >= 11 is 0. The zero-order chi connectivity index (χ0) is 10.5. The molecular formula is C12H16FNO. The molecule has 1 saturated heterocycles. The maximum absolute atomic E-state index is 12.9. The average molecular weight is 209 g/mol. The molecule has 1 fully saturated rings. The molecule has 2 nitrogen and oxygen atoms in total. The summed E-state index contributed by atoms with van der Waals surface area (Å²) in [5, 5.41) is 3.28. The van der Waals surface area contributed by atoms with Crippen molar-refractivity contribution in [3.05, 3.63) is 35.6 Å². The second-order valence-electron chi connectivity index (χ2n) is 3.89. The number of halogens is 1. The van der Waals surface area contributed by atoms with Crippen molar-refractivity contribution in [1.82, 2.24) is 5.32 Å². The van der Waals surface area contributed by atoms with Crippen molar-refractivity contribution in [3.8, 4) is 0 Å². The van der Waals surface area contributed by atoms with E-state index in [1.54, 1.807) is 6.07 Å². The van der Waals surface area contributed by atoms with Crippen LogP contribution in [0.1, 0.15) is 18.4 Å². The first kappa shape index (κ1) is 10.6. The van der Waals surface area contributed by atoms with Crippen molar-refractivity contribution in [2.75, 3.05) is 13.1 Å². The van der Waals surface area contributed by atoms with Crippen LogP contribution in [0.15, 0.2) is 24.3 Å². The van der Waals surface area contributed by atoms with E-state index in [9.17, 15) is 4.39 Å². The maximum atomic E-state index is 12.9. The van der Waals surface area contributed by atoms with Gasteiger partial charge in [-0.25, -0.2) is 4.39 Å². The van der Waals surface area contributed by atoms with Crippen molar-refractivity contribution in [1.29, 1.82) is 0 Å². The minimum Gasteiger partial charge on any atom is -0.373 e. The van der Waals surface area contributed by atoms with Crippen molar-refractivity contribution in [3.63, 3.8) is 0 Å². The lowest BCUT2D eigenvalue weighted by atomic mass is 10.1. The minimum absolute atomic E-state index is 0.193. The molecule has 0 radical (unpaired) electrons. The normalized spacial score (nSPS) is 17.9. The fourth-order valence-corrected chi connectivity index (χ4v) is 1.80. The number of nitrogens with one attached hydrogen (secondary N) is 1. The van der Waals surface area contributed by atoms with Crippen LogP contribution in [-0.2, 0) is 11.3 Å². The van der Waals surface area contributed by atoms with E-state index in [2.05, 4.69) is 5.32 Å². The highest BCUT2D eigenvalue weighted by molar-refractivity contribution is 5.15. The molecule has 2 rings (SSSR count). The van der Waals surface area contributed by atoms with Crippen LogP contribution in [0.3, 0.4) is 0 Å². The molecular weight excluding hydrogens is 193 g/mol. The molecule has 0 unspecified atom stereocenters. The lowest BCUT2D eigenvalue weighted by molar-refractivity contribution is 0.0211. The molecule has 0 aromatic heterocycles. The molecule has 15 heavy (non-hydrogen) atoms. The molecule has 0 aliphatic carbocycles. The van der Waals surface area contributed by atoms with E-state index in [4.69, 9.17) is 4.74 Å². The first-order valence-electron chi connectivity index (χ1n) is 5.41. The summed E-state index contributed by atoms with van der Waals surface area (Å²) in [6.45, 7) is 2.56. The van der Waals surface area contributed by atoms with Gasteiger partial charge in [-0.1, -0.05) is 12.1 Å². The average Bonchev–Trinajstić information content (AvgIpc) is 2.28. The van der Waals surface area contributed by atoms with Crippen LogP contribution >= 0.6 is 0 Å². The van der Waals surface area contributed by atoms with Gasteiger partial charge in [0.25, 0.3) is 0 Å². The van der Waals surface area contributed by atoms with Gasteiger partial charge in [-0.2, -0.15) is 0 Å². The highest BCUT2D eigenvalue weighted by atomic mass is 19.1. The molecule has 0 amide bonds. The Morgan fingerprint density at radius 3 is 2.87 bits per heavy atom. The quantitative estimate of drug-likeness (QED) is 0.823. The van der Waals surface area contributed by atoms with Crippen LogP contribution in [0.5, 0.6) is 0 Å². The predicted molar refractivity (Wildman–Crippen MR) is 57.1 cm³/mol. The first-order chi connectivity index (χ1) is 7.34. The monoisotopic (exact) mass is 209 g/mol. The fraction of sp³-hybridized carbons (Fsp3) is 0.500. The van der Waals surface area contributed by atoms with Gasteiger partial charge in [0.05, 0.1) is 12.7 Å². The second kappa shape index (κ2) is 5.24. The van der Waals surface area contributed by atoms with Crippen molar-refractivity contribution in [2.45, 2.75) is 25.6 Å². The SMILES string of the molecule is Fc1cccc(COC2CCNCC2)c1. The summed E-state index contributed by atoms with van der Waals surface area (Å²) in [4.78, 5) is 0. The minimum atomic E-state index is -0.193. The Bertz CT molecular complexity index is 310. The van der Waals surface area contributed by atoms with Crippen molar-refractivity contribution < 1.29 is 9.13 Å². The molecule has 3 heteroatoms. The van der Waals surface area contributed by atoms with Crippen LogP contribution < -0.4 is 5.32 Å². The van der Waals surface area contributed by atoms with Crippen molar-refractivity contribution >= 4 is 0 Å². The largest absolute Gasteiger partial charge is 0.373 e. The Kier molecular flexibility index (Phi) is 3.69. The van der Waals surface area contributed by atoms with Gasteiger partial charge in [0.15, 0.2) is 0 Å². The summed E-state index contributed by atoms with van der Waals surface area (Å²) in [6.07, 6.45) is 2.43. The van der Waals surface area contributed by atoms with E-state index >= 15 is 0 Å². The standard InChI is InChI=1S/C12H16FNO/c13-11-3-1-2-10(8-11)9-15-12-4-6-14-7-5-12/h1-3,8,12,14H,4-7,9H2. The summed E-state index contributed by atoms with van der Waals surface area (Å²) in [5.41, 5.74) is 0.911. The van der Waals surface area contributed by atoms with Gasteiger partial charge in [0.1, 0.15) is 5.82 Å². The Labute approximate surface area is 89.4 Å².